The fourth-order valence-corrected chi connectivity index (χ4v) is 4.11. The molecule has 2 atom stereocenters. The maximum atomic E-state index is 12.8. The minimum atomic E-state index is -0.476. The molecule has 0 unspecified atom stereocenters. The smallest absolute Gasteiger partial charge is 0.337 e. The van der Waals surface area contributed by atoms with Crippen molar-refractivity contribution in [3.05, 3.63) is 52.1 Å². The lowest BCUT2D eigenvalue weighted by molar-refractivity contribution is -0.130. The number of methoxy groups -OCH3 is 3. The zero-order valence-corrected chi connectivity index (χ0v) is 20.8. The number of halogens is 1. The number of aromatic nitrogens is 2. The number of amides is 2. The molecule has 0 bridgehead atoms. The Morgan fingerprint density at radius 1 is 1.29 bits per heavy atom. The van der Waals surface area contributed by atoms with Gasteiger partial charge in [-0.25, -0.2) is 9.78 Å². The summed E-state index contributed by atoms with van der Waals surface area (Å²) >= 11 is 6.04. The molecule has 2 amide bonds. The van der Waals surface area contributed by atoms with E-state index in [-0.39, 0.29) is 28.8 Å². The van der Waals surface area contributed by atoms with Gasteiger partial charge < -0.3 is 29.4 Å². The number of hydrogen-bond donors (Lipinski definition) is 2. The SMILES string of the molecule is CCc1[nH]c(C(=O)N[C@@H]2CCN(C(=O)C=Cc3ccc(C(=O)OC)cc3OC)C[C@@H]2OC)nc1Cl. The number of likely N-dealkylation sites (tertiary alicyclic amines) is 1. The second kappa shape index (κ2) is 11.9. The first-order valence-corrected chi connectivity index (χ1v) is 11.5. The van der Waals surface area contributed by atoms with E-state index < -0.39 is 12.1 Å². The lowest BCUT2D eigenvalue weighted by atomic mass is 10.0. The van der Waals surface area contributed by atoms with Crippen LogP contribution in [0.1, 0.15) is 45.6 Å². The normalized spacial score (nSPS) is 17.9. The zero-order chi connectivity index (χ0) is 25.5. The third kappa shape index (κ3) is 6.20. The van der Waals surface area contributed by atoms with Crippen LogP contribution < -0.4 is 10.1 Å². The second-order valence-corrected chi connectivity index (χ2v) is 8.28. The lowest BCUT2D eigenvalue weighted by Gasteiger charge is -2.37. The zero-order valence-electron chi connectivity index (χ0n) is 20.1. The van der Waals surface area contributed by atoms with Gasteiger partial charge in [-0.15, -0.1) is 0 Å². The number of carbonyl (C=O) groups excluding carboxylic acids is 3. The fraction of sp³-hybridized carbons (Fsp3) is 0.417. The van der Waals surface area contributed by atoms with Gasteiger partial charge in [-0.3, -0.25) is 9.59 Å². The summed E-state index contributed by atoms with van der Waals surface area (Å²) in [7, 11) is 4.33. The quantitative estimate of drug-likeness (QED) is 0.418. The van der Waals surface area contributed by atoms with Gasteiger partial charge in [-0.05, 0) is 31.1 Å². The molecule has 0 saturated carbocycles. The van der Waals surface area contributed by atoms with Crippen molar-refractivity contribution in [2.45, 2.75) is 31.9 Å². The van der Waals surface area contributed by atoms with Crippen LogP contribution >= 0.6 is 11.6 Å². The Hall–Kier alpha value is -3.37. The number of carbonyl (C=O) groups is 3. The Morgan fingerprint density at radius 2 is 2.06 bits per heavy atom. The third-order valence-electron chi connectivity index (χ3n) is 5.85. The van der Waals surface area contributed by atoms with Gasteiger partial charge in [0.2, 0.25) is 5.91 Å². The van der Waals surface area contributed by atoms with E-state index in [0.29, 0.717) is 48.5 Å². The number of esters is 1. The molecule has 1 aromatic heterocycles. The van der Waals surface area contributed by atoms with Crippen LogP contribution in [-0.2, 0) is 20.7 Å². The fourth-order valence-electron chi connectivity index (χ4n) is 3.85. The first-order chi connectivity index (χ1) is 16.8. The predicted molar refractivity (Wildman–Crippen MR) is 130 cm³/mol. The van der Waals surface area contributed by atoms with E-state index in [0.717, 1.165) is 0 Å². The van der Waals surface area contributed by atoms with E-state index in [1.54, 1.807) is 36.3 Å². The van der Waals surface area contributed by atoms with Crippen molar-refractivity contribution in [3.63, 3.8) is 0 Å². The highest BCUT2D eigenvalue weighted by Gasteiger charge is 2.32. The number of aryl methyl sites for hydroxylation is 1. The Labute approximate surface area is 208 Å². The Kier molecular flexibility index (Phi) is 8.89. The van der Waals surface area contributed by atoms with Crippen LogP contribution in [0.25, 0.3) is 6.08 Å². The van der Waals surface area contributed by atoms with Crippen LogP contribution in [0, 0.1) is 0 Å². The van der Waals surface area contributed by atoms with Gasteiger partial charge in [0.25, 0.3) is 5.91 Å². The van der Waals surface area contributed by atoms with Gasteiger partial charge in [-0.1, -0.05) is 24.6 Å². The van der Waals surface area contributed by atoms with Crippen LogP contribution in [0.4, 0.5) is 0 Å². The number of piperidine rings is 1. The van der Waals surface area contributed by atoms with Crippen molar-refractivity contribution in [2.24, 2.45) is 0 Å². The van der Waals surface area contributed by atoms with E-state index in [4.69, 9.17) is 25.8 Å². The summed E-state index contributed by atoms with van der Waals surface area (Å²) < 4.78 is 15.6. The first-order valence-electron chi connectivity index (χ1n) is 11.1. The third-order valence-corrected chi connectivity index (χ3v) is 6.16. The summed E-state index contributed by atoms with van der Waals surface area (Å²) in [6.07, 6.45) is 3.82. The van der Waals surface area contributed by atoms with Crippen molar-refractivity contribution >= 4 is 35.5 Å². The molecule has 1 aliphatic rings. The monoisotopic (exact) mass is 504 g/mol. The number of H-pyrrole nitrogens is 1. The number of aromatic amines is 1. The van der Waals surface area contributed by atoms with Crippen molar-refractivity contribution in [2.75, 3.05) is 34.4 Å². The summed E-state index contributed by atoms with van der Waals surface area (Å²) in [5.74, 6) is -0.466. The molecular weight excluding hydrogens is 476 g/mol. The molecule has 1 saturated heterocycles. The van der Waals surface area contributed by atoms with Gasteiger partial charge >= 0.3 is 5.97 Å². The van der Waals surface area contributed by atoms with E-state index in [9.17, 15) is 14.4 Å². The highest BCUT2D eigenvalue weighted by atomic mass is 35.5. The molecule has 1 aromatic carbocycles. The van der Waals surface area contributed by atoms with E-state index in [2.05, 4.69) is 15.3 Å². The van der Waals surface area contributed by atoms with E-state index >= 15 is 0 Å². The number of rotatable bonds is 8. The van der Waals surface area contributed by atoms with Gasteiger partial charge in [0.05, 0.1) is 37.6 Å². The van der Waals surface area contributed by atoms with E-state index in [1.807, 2.05) is 6.92 Å². The Bertz CT molecular complexity index is 1120. The molecule has 10 nitrogen and oxygen atoms in total. The number of imidazole rings is 1. The molecule has 0 radical (unpaired) electrons. The molecule has 1 aliphatic heterocycles. The van der Waals surface area contributed by atoms with Crippen molar-refractivity contribution in [1.82, 2.24) is 20.2 Å². The standard InChI is InChI=1S/C24H29ClN4O6/c1-5-16-21(25)28-22(26-16)23(31)27-17-10-11-29(13-19(17)34-3)20(30)9-8-14-6-7-15(24(32)35-4)12-18(14)33-2/h6-9,12,17,19H,5,10-11,13H2,1-4H3,(H,26,28)(H,27,31)/t17-,19+/m1/s1. The average Bonchev–Trinajstić information content (AvgIpc) is 3.27. The predicted octanol–water partition coefficient (Wildman–Crippen LogP) is 2.48. The van der Waals surface area contributed by atoms with Gasteiger partial charge in [0.15, 0.2) is 11.0 Å². The largest absolute Gasteiger partial charge is 0.496 e. The van der Waals surface area contributed by atoms with Crippen LogP contribution in [0.15, 0.2) is 24.3 Å². The molecular formula is C24H29ClN4O6. The molecule has 188 valence electrons. The van der Waals surface area contributed by atoms with Gasteiger partial charge in [0, 0.05) is 31.8 Å². The summed E-state index contributed by atoms with van der Waals surface area (Å²) in [5.41, 5.74) is 1.69. The minimum absolute atomic E-state index is 0.148. The molecule has 1 fully saturated rings. The molecule has 3 rings (SSSR count). The lowest BCUT2D eigenvalue weighted by Crippen LogP contribution is -2.55. The van der Waals surface area contributed by atoms with Crippen molar-refractivity contribution in [3.8, 4) is 5.75 Å². The molecule has 0 aliphatic carbocycles. The van der Waals surface area contributed by atoms with Crippen LogP contribution in [0.5, 0.6) is 5.75 Å². The molecule has 35 heavy (non-hydrogen) atoms. The minimum Gasteiger partial charge on any atom is -0.496 e. The maximum absolute atomic E-state index is 12.8. The number of nitrogens with one attached hydrogen (secondary N) is 2. The summed E-state index contributed by atoms with van der Waals surface area (Å²) in [5, 5.41) is 3.21. The topological polar surface area (TPSA) is 123 Å². The molecule has 0 spiro atoms. The second-order valence-electron chi connectivity index (χ2n) is 7.92. The highest BCUT2D eigenvalue weighted by Crippen LogP contribution is 2.23. The maximum Gasteiger partial charge on any atom is 0.337 e. The van der Waals surface area contributed by atoms with Crippen molar-refractivity contribution in [1.29, 1.82) is 0 Å². The Balaban J connectivity index is 1.63. The summed E-state index contributed by atoms with van der Waals surface area (Å²) in [6, 6.07) is 4.55. The van der Waals surface area contributed by atoms with Crippen LogP contribution in [0.2, 0.25) is 5.15 Å². The Morgan fingerprint density at radius 3 is 2.69 bits per heavy atom. The molecule has 2 aromatic rings. The molecule has 11 heteroatoms. The number of ether oxygens (including phenoxy) is 3. The summed E-state index contributed by atoms with van der Waals surface area (Å²) in [6.45, 7) is 2.66. The van der Waals surface area contributed by atoms with E-state index in [1.165, 1.54) is 20.3 Å². The number of hydrogen-bond acceptors (Lipinski definition) is 7. The van der Waals surface area contributed by atoms with Crippen LogP contribution in [-0.4, -0.2) is 79.2 Å². The first kappa shape index (κ1) is 26.2. The average molecular weight is 505 g/mol. The van der Waals surface area contributed by atoms with Crippen LogP contribution in [0.3, 0.4) is 0 Å². The molecule has 2 heterocycles. The highest BCUT2D eigenvalue weighted by molar-refractivity contribution is 6.30. The number of nitrogens with zero attached hydrogens (tertiary/aromatic N) is 2. The molecule has 2 N–H and O–H groups in total. The number of benzene rings is 1. The van der Waals surface area contributed by atoms with Gasteiger partial charge in [0.1, 0.15) is 5.75 Å². The summed E-state index contributed by atoms with van der Waals surface area (Å²) in [4.78, 5) is 45.8. The van der Waals surface area contributed by atoms with Crippen molar-refractivity contribution < 1.29 is 28.6 Å². The van der Waals surface area contributed by atoms with Gasteiger partial charge in [-0.2, -0.15) is 0 Å².